The van der Waals surface area contributed by atoms with Gasteiger partial charge in [-0.3, -0.25) is 0 Å². The second kappa shape index (κ2) is 2.42. The van der Waals surface area contributed by atoms with E-state index in [0.717, 1.165) is 27.2 Å². The van der Waals surface area contributed by atoms with Crippen LogP contribution in [-0.2, 0) is 0 Å². The average molecular weight is 181 g/mol. The first-order valence-corrected chi connectivity index (χ1v) is 4.09. The van der Waals surface area contributed by atoms with Crippen molar-refractivity contribution < 1.29 is 0 Å². The van der Waals surface area contributed by atoms with Crippen LogP contribution in [0.4, 0.5) is 5.69 Å². The first-order chi connectivity index (χ1) is 5.70. The van der Waals surface area contributed by atoms with Crippen LogP contribution in [-0.4, -0.2) is 4.98 Å². The molecule has 0 bridgehead atoms. The van der Waals surface area contributed by atoms with E-state index in [4.69, 9.17) is 17.3 Å². The predicted molar refractivity (Wildman–Crippen MR) is 52.5 cm³/mol. The molecule has 0 spiro atoms. The normalized spacial score (nSPS) is 10.8. The molecule has 2 rings (SSSR count). The number of fused-ring (bicyclic) bond motifs is 1. The van der Waals surface area contributed by atoms with E-state index in [2.05, 4.69) is 4.98 Å². The van der Waals surface area contributed by atoms with Crippen molar-refractivity contribution >= 4 is 28.2 Å². The lowest BCUT2D eigenvalue weighted by Crippen LogP contribution is -1.86. The zero-order valence-electron chi connectivity index (χ0n) is 6.69. The van der Waals surface area contributed by atoms with E-state index in [1.807, 2.05) is 19.1 Å². The highest BCUT2D eigenvalue weighted by molar-refractivity contribution is 6.36. The SMILES string of the molecule is Cc1ccc(N)c2[nH]cc(Cl)c12. The summed E-state index contributed by atoms with van der Waals surface area (Å²) in [5.41, 5.74) is 8.56. The summed E-state index contributed by atoms with van der Waals surface area (Å²) in [4.78, 5) is 3.04. The Bertz CT molecular complexity index is 431. The number of nitrogens with one attached hydrogen (secondary N) is 1. The van der Waals surface area contributed by atoms with Crippen molar-refractivity contribution in [2.24, 2.45) is 0 Å². The molecule has 12 heavy (non-hydrogen) atoms. The third-order valence-corrected chi connectivity index (χ3v) is 2.33. The molecular weight excluding hydrogens is 172 g/mol. The van der Waals surface area contributed by atoms with E-state index < -0.39 is 0 Å². The van der Waals surface area contributed by atoms with Crippen molar-refractivity contribution in [3.05, 3.63) is 28.9 Å². The van der Waals surface area contributed by atoms with Gasteiger partial charge in [0.05, 0.1) is 16.2 Å². The minimum Gasteiger partial charge on any atom is -0.397 e. The summed E-state index contributed by atoms with van der Waals surface area (Å²) in [5.74, 6) is 0. The van der Waals surface area contributed by atoms with Crippen LogP contribution < -0.4 is 5.73 Å². The molecule has 3 N–H and O–H groups in total. The molecule has 0 atom stereocenters. The number of rotatable bonds is 0. The zero-order valence-corrected chi connectivity index (χ0v) is 7.44. The van der Waals surface area contributed by atoms with Gasteiger partial charge in [-0.1, -0.05) is 17.7 Å². The smallest absolute Gasteiger partial charge is 0.0705 e. The number of aromatic amines is 1. The van der Waals surface area contributed by atoms with E-state index >= 15 is 0 Å². The van der Waals surface area contributed by atoms with Crippen molar-refractivity contribution in [3.63, 3.8) is 0 Å². The topological polar surface area (TPSA) is 41.8 Å². The highest BCUT2D eigenvalue weighted by Gasteiger charge is 2.05. The molecule has 0 unspecified atom stereocenters. The number of halogens is 1. The number of benzene rings is 1. The van der Waals surface area contributed by atoms with Crippen molar-refractivity contribution in [2.75, 3.05) is 5.73 Å². The molecule has 0 aliphatic carbocycles. The molecule has 0 fully saturated rings. The van der Waals surface area contributed by atoms with Gasteiger partial charge in [0.1, 0.15) is 0 Å². The molecule has 1 aromatic heterocycles. The van der Waals surface area contributed by atoms with Gasteiger partial charge in [-0.25, -0.2) is 0 Å². The number of anilines is 1. The fourth-order valence-electron chi connectivity index (χ4n) is 1.39. The molecule has 0 aliphatic heterocycles. The van der Waals surface area contributed by atoms with E-state index in [0.29, 0.717) is 0 Å². The van der Waals surface area contributed by atoms with E-state index in [1.165, 1.54) is 0 Å². The first kappa shape index (κ1) is 7.50. The molecule has 62 valence electrons. The molecule has 1 aromatic carbocycles. The Labute approximate surface area is 75.3 Å². The summed E-state index contributed by atoms with van der Waals surface area (Å²) in [5, 5.41) is 1.76. The number of aryl methyl sites for hydroxylation is 1. The number of hydrogen-bond donors (Lipinski definition) is 2. The summed E-state index contributed by atoms with van der Waals surface area (Å²) >= 11 is 5.96. The van der Waals surface area contributed by atoms with Gasteiger partial charge in [-0.2, -0.15) is 0 Å². The van der Waals surface area contributed by atoms with Gasteiger partial charge >= 0.3 is 0 Å². The maximum Gasteiger partial charge on any atom is 0.0705 e. The van der Waals surface area contributed by atoms with Crippen LogP contribution >= 0.6 is 11.6 Å². The number of aromatic nitrogens is 1. The van der Waals surface area contributed by atoms with Gasteiger partial charge in [0, 0.05) is 11.6 Å². The largest absolute Gasteiger partial charge is 0.397 e. The fraction of sp³-hybridized carbons (Fsp3) is 0.111. The molecule has 0 amide bonds. The lowest BCUT2D eigenvalue weighted by Gasteiger charge is -1.99. The summed E-state index contributed by atoms with van der Waals surface area (Å²) < 4.78 is 0. The Morgan fingerprint density at radius 2 is 2.17 bits per heavy atom. The summed E-state index contributed by atoms with van der Waals surface area (Å²) in [7, 11) is 0. The van der Waals surface area contributed by atoms with Crippen molar-refractivity contribution in [1.29, 1.82) is 0 Å². The van der Waals surface area contributed by atoms with Gasteiger partial charge in [0.25, 0.3) is 0 Å². The van der Waals surface area contributed by atoms with Gasteiger partial charge < -0.3 is 10.7 Å². The molecule has 2 nitrogen and oxygen atoms in total. The third-order valence-electron chi connectivity index (χ3n) is 2.03. The second-order valence-corrected chi connectivity index (χ2v) is 3.27. The Morgan fingerprint density at radius 3 is 2.83 bits per heavy atom. The van der Waals surface area contributed by atoms with Gasteiger partial charge in [0.15, 0.2) is 0 Å². The van der Waals surface area contributed by atoms with Crippen molar-refractivity contribution in [2.45, 2.75) is 6.92 Å². The molecule has 0 radical (unpaired) electrons. The van der Waals surface area contributed by atoms with Crippen molar-refractivity contribution in [3.8, 4) is 0 Å². The summed E-state index contributed by atoms with van der Waals surface area (Å²) in [6, 6.07) is 3.85. The summed E-state index contributed by atoms with van der Waals surface area (Å²) in [6.45, 7) is 2.02. The highest BCUT2D eigenvalue weighted by Crippen LogP contribution is 2.29. The van der Waals surface area contributed by atoms with Crippen LogP contribution in [0, 0.1) is 6.92 Å². The first-order valence-electron chi connectivity index (χ1n) is 3.72. The van der Waals surface area contributed by atoms with E-state index in [9.17, 15) is 0 Å². The molecule has 0 aliphatic rings. The molecule has 1 heterocycles. The molecular formula is C9H9ClN2. The minimum absolute atomic E-state index is 0.731. The quantitative estimate of drug-likeness (QED) is 0.602. The molecule has 2 aromatic rings. The van der Waals surface area contributed by atoms with E-state index in [-0.39, 0.29) is 0 Å². The lowest BCUT2D eigenvalue weighted by molar-refractivity contribution is 1.47. The van der Waals surface area contributed by atoms with Crippen LogP contribution in [0.2, 0.25) is 5.02 Å². The van der Waals surface area contributed by atoms with Crippen molar-refractivity contribution in [1.82, 2.24) is 4.98 Å². The predicted octanol–water partition coefficient (Wildman–Crippen LogP) is 2.71. The van der Waals surface area contributed by atoms with E-state index in [1.54, 1.807) is 6.20 Å². The Morgan fingerprint density at radius 1 is 1.42 bits per heavy atom. The fourth-order valence-corrected chi connectivity index (χ4v) is 1.69. The maximum atomic E-state index is 5.96. The van der Waals surface area contributed by atoms with Gasteiger partial charge in [-0.15, -0.1) is 0 Å². The van der Waals surface area contributed by atoms with Crippen LogP contribution in [0.25, 0.3) is 10.9 Å². The maximum absolute atomic E-state index is 5.96. The average Bonchev–Trinajstić information content (AvgIpc) is 2.42. The molecule has 3 heteroatoms. The number of hydrogen-bond acceptors (Lipinski definition) is 1. The Kier molecular flexibility index (Phi) is 1.51. The number of nitrogen functional groups attached to an aromatic ring is 1. The summed E-state index contributed by atoms with van der Waals surface area (Å²) in [6.07, 6.45) is 1.76. The highest BCUT2D eigenvalue weighted by atomic mass is 35.5. The van der Waals surface area contributed by atoms with Crippen LogP contribution in [0.5, 0.6) is 0 Å². The minimum atomic E-state index is 0.731. The van der Waals surface area contributed by atoms with Crippen LogP contribution in [0.1, 0.15) is 5.56 Å². The monoisotopic (exact) mass is 180 g/mol. The third kappa shape index (κ3) is 0.883. The van der Waals surface area contributed by atoms with Crippen LogP contribution in [0.15, 0.2) is 18.3 Å². The van der Waals surface area contributed by atoms with Crippen LogP contribution in [0.3, 0.4) is 0 Å². The number of H-pyrrole nitrogens is 1. The molecule has 0 saturated carbocycles. The van der Waals surface area contributed by atoms with Gasteiger partial charge in [0.2, 0.25) is 0 Å². The number of nitrogens with two attached hydrogens (primary N) is 1. The zero-order chi connectivity index (χ0) is 8.72. The Balaban J connectivity index is 2.98. The second-order valence-electron chi connectivity index (χ2n) is 2.86. The van der Waals surface area contributed by atoms with Gasteiger partial charge in [-0.05, 0) is 18.6 Å². The standard InChI is InChI=1S/C9H9ClN2/c1-5-2-3-7(11)9-8(5)6(10)4-12-9/h2-4,12H,11H2,1H3. The molecule has 0 saturated heterocycles. The Hall–Kier alpha value is -1.15. The lowest BCUT2D eigenvalue weighted by atomic mass is 10.1.